The fourth-order valence-electron chi connectivity index (χ4n) is 9.46. The van der Waals surface area contributed by atoms with Crippen molar-refractivity contribution in [3.05, 3.63) is 149 Å². The maximum atomic E-state index is 14.9. The van der Waals surface area contributed by atoms with Crippen LogP contribution in [0.5, 0.6) is 0 Å². The van der Waals surface area contributed by atoms with E-state index in [0.29, 0.717) is 30.8 Å². The third-order valence-electron chi connectivity index (χ3n) is 11.9. The minimum absolute atomic E-state index is 0.0530. The van der Waals surface area contributed by atoms with Gasteiger partial charge in [0.15, 0.2) is 13.9 Å². The summed E-state index contributed by atoms with van der Waals surface area (Å²) >= 11 is 0. The van der Waals surface area contributed by atoms with Crippen molar-refractivity contribution in [2.24, 2.45) is 5.92 Å². The van der Waals surface area contributed by atoms with Gasteiger partial charge in [-0.1, -0.05) is 97.1 Å². The molecule has 1 fully saturated rings. The molecule has 2 amide bonds. The third-order valence-corrected chi connectivity index (χ3v) is 14.4. The van der Waals surface area contributed by atoms with Gasteiger partial charge >= 0.3 is 0 Å². The number of rotatable bonds is 10. The van der Waals surface area contributed by atoms with Crippen LogP contribution in [0.2, 0.25) is 18.6 Å². The topological polar surface area (TPSA) is 121 Å². The maximum Gasteiger partial charge on any atom is 0.264 e. The number of amides is 2. The lowest BCUT2D eigenvalue weighted by Gasteiger charge is -2.32. The van der Waals surface area contributed by atoms with E-state index in [1.54, 1.807) is 9.58 Å². The molecule has 3 aliphatic heterocycles. The molecule has 1 saturated heterocycles. The van der Waals surface area contributed by atoms with Gasteiger partial charge in [-0.3, -0.25) is 19.2 Å². The molecule has 1 unspecified atom stereocenters. The van der Waals surface area contributed by atoms with E-state index >= 15 is 0 Å². The average Bonchev–Trinajstić information content (AvgIpc) is 3.92. The molecule has 278 valence electrons. The number of nitrogens with zero attached hydrogens (tertiary/aromatic N) is 5. The number of para-hydroxylation sites is 1. The summed E-state index contributed by atoms with van der Waals surface area (Å²) in [5, 5.41) is 21.0. The van der Waals surface area contributed by atoms with Gasteiger partial charge in [0.1, 0.15) is 0 Å². The van der Waals surface area contributed by atoms with Crippen molar-refractivity contribution in [1.29, 1.82) is 0 Å². The van der Waals surface area contributed by atoms with Crippen LogP contribution in [0.15, 0.2) is 121 Å². The Balaban J connectivity index is 0.970. The van der Waals surface area contributed by atoms with Crippen LogP contribution >= 0.6 is 0 Å². The normalized spacial score (nSPS) is 22.3. The highest BCUT2D eigenvalue weighted by Crippen LogP contribution is 2.59. The number of anilines is 3. The zero-order chi connectivity index (χ0) is 38.1. The van der Waals surface area contributed by atoms with Gasteiger partial charge < -0.3 is 19.5 Å². The Morgan fingerprint density at radius 1 is 0.873 bits per heavy atom. The predicted octanol–water partition coefficient (Wildman–Crippen LogP) is 7.28. The summed E-state index contributed by atoms with van der Waals surface area (Å²) in [5.41, 5.74) is 5.02. The molecule has 1 spiro atoms. The number of fused-ring (bicyclic) bond motifs is 2. The molecule has 3 aliphatic rings. The molecule has 5 aromatic carbocycles. The molecule has 55 heavy (non-hydrogen) atoms. The first kappa shape index (κ1) is 35.3. The molecule has 10 nitrogen and oxygen atoms in total. The molecule has 5 atom stereocenters. The van der Waals surface area contributed by atoms with Crippen LogP contribution in [0.25, 0.3) is 10.8 Å². The van der Waals surface area contributed by atoms with Crippen molar-refractivity contribution in [2.75, 3.05) is 16.4 Å². The number of hydrogen-bond acceptors (Lipinski definition) is 7. The number of ether oxygens (including phenoxy) is 1. The van der Waals surface area contributed by atoms with E-state index in [1.807, 2.05) is 146 Å². The molecule has 4 heterocycles. The summed E-state index contributed by atoms with van der Waals surface area (Å²) in [7, 11) is -2.86. The number of aromatic nitrogens is 3. The highest BCUT2D eigenvalue weighted by Gasteiger charge is 2.66. The van der Waals surface area contributed by atoms with Crippen molar-refractivity contribution in [3.63, 3.8) is 0 Å². The molecular weight excluding hydrogens is 707 g/mol. The third kappa shape index (κ3) is 5.64. The lowest BCUT2D eigenvalue weighted by molar-refractivity contribution is -0.146. The van der Waals surface area contributed by atoms with E-state index in [1.165, 1.54) is 0 Å². The second-order valence-electron chi connectivity index (χ2n) is 15.6. The van der Waals surface area contributed by atoms with Crippen LogP contribution in [0.3, 0.4) is 0 Å². The molecule has 0 bridgehead atoms. The lowest BCUT2D eigenvalue weighted by Crippen LogP contribution is -2.46. The number of aliphatic hydroxyl groups excluding tert-OH is 1. The molecule has 0 aliphatic carbocycles. The Bertz CT molecular complexity index is 2420. The van der Waals surface area contributed by atoms with Crippen LogP contribution in [0.4, 0.5) is 17.1 Å². The summed E-state index contributed by atoms with van der Waals surface area (Å²) in [6, 6.07) is 37.2. The molecular formula is C44H43N5O5Si. The number of aliphatic hydroxyl groups is 1. The first-order chi connectivity index (χ1) is 26.6. The number of hydrogen-bond donors (Lipinski definition) is 2. The van der Waals surface area contributed by atoms with Crippen LogP contribution in [0.1, 0.15) is 52.0 Å². The quantitative estimate of drug-likeness (QED) is 0.141. The fraction of sp³-hybridized carbons (Fsp3) is 0.273. The van der Waals surface area contributed by atoms with Gasteiger partial charge in [0, 0.05) is 40.8 Å². The van der Waals surface area contributed by atoms with Gasteiger partial charge in [-0.05, 0) is 66.4 Å². The smallest absolute Gasteiger partial charge is 0.264 e. The Labute approximate surface area is 320 Å². The van der Waals surface area contributed by atoms with E-state index in [2.05, 4.69) is 10.3 Å². The van der Waals surface area contributed by atoms with Crippen molar-refractivity contribution in [2.45, 2.75) is 62.7 Å². The number of benzene rings is 5. The maximum absolute atomic E-state index is 14.9. The van der Waals surface area contributed by atoms with Gasteiger partial charge in [-0.2, -0.15) is 0 Å². The van der Waals surface area contributed by atoms with Crippen molar-refractivity contribution >= 4 is 48.0 Å². The predicted molar refractivity (Wildman–Crippen MR) is 214 cm³/mol. The highest BCUT2D eigenvalue weighted by atomic mass is 28.4. The van der Waals surface area contributed by atoms with E-state index in [-0.39, 0.29) is 35.8 Å². The standard InChI is InChI=1S/C44H43N5O5Si/c1-28-41(55(2,3)53)39(23-24-47-26-36(45-46-47)34(27-50)30-11-5-4-6-12-30)54-44(28)35-16-7-8-17-37(35)48(43(44)52)25-29-19-21-32(22-20-29)49-38-18-10-14-31-13-9-15-33(40(31)38)42(49)51/h4-22,26,28,34,39,41,50,53H,23-25,27H2,1-3H3/t28-,34?,39+,41-,44+/m0/s1. The SMILES string of the molecule is C[C@H]1[C@H]([Si](C)(C)O)[C@@H](CCn2cc(C(CO)c3ccccc3)nn2)O[C@]12C(=O)N(Cc1ccc(N3C(=O)c4cccc5cccc3c45)cc1)c1ccccc12. The molecule has 2 N–H and O–H groups in total. The van der Waals surface area contributed by atoms with Crippen LogP contribution < -0.4 is 9.80 Å². The Kier molecular flexibility index (Phi) is 8.58. The van der Waals surface area contributed by atoms with Gasteiger partial charge in [-0.25, -0.2) is 0 Å². The number of carbonyl (C=O) groups is 2. The van der Waals surface area contributed by atoms with Crippen LogP contribution in [-0.4, -0.2) is 57.7 Å². The van der Waals surface area contributed by atoms with Gasteiger partial charge in [0.2, 0.25) is 0 Å². The second-order valence-corrected chi connectivity index (χ2v) is 19.6. The molecule has 0 saturated carbocycles. The number of carbonyl (C=O) groups excluding carboxylic acids is 2. The zero-order valence-corrected chi connectivity index (χ0v) is 32.0. The first-order valence-electron chi connectivity index (χ1n) is 18.9. The van der Waals surface area contributed by atoms with E-state index < -0.39 is 20.0 Å². The first-order valence-corrected chi connectivity index (χ1v) is 21.9. The minimum Gasteiger partial charge on any atom is -0.432 e. The molecule has 9 rings (SSSR count). The monoisotopic (exact) mass is 749 g/mol. The zero-order valence-electron chi connectivity index (χ0n) is 31.0. The summed E-state index contributed by atoms with van der Waals surface area (Å²) < 4.78 is 8.79. The Morgan fingerprint density at radius 3 is 2.33 bits per heavy atom. The highest BCUT2D eigenvalue weighted by molar-refractivity contribution is 6.71. The molecule has 0 radical (unpaired) electrons. The van der Waals surface area contributed by atoms with Crippen LogP contribution in [0, 0.1) is 5.92 Å². The van der Waals surface area contributed by atoms with Gasteiger partial charge in [0.05, 0.1) is 47.8 Å². The second kappa shape index (κ2) is 13.4. The molecule has 1 aromatic heterocycles. The van der Waals surface area contributed by atoms with Crippen molar-refractivity contribution in [1.82, 2.24) is 15.0 Å². The van der Waals surface area contributed by atoms with E-state index in [0.717, 1.165) is 44.5 Å². The minimum atomic E-state index is -2.86. The van der Waals surface area contributed by atoms with Gasteiger partial charge in [-0.15, -0.1) is 5.10 Å². The van der Waals surface area contributed by atoms with Crippen molar-refractivity contribution < 1.29 is 24.2 Å². The van der Waals surface area contributed by atoms with E-state index in [4.69, 9.17) is 4.74 Å². The summed E-state index contributed by atoms with van der Waals surface area (Å²) in [6.45, 7) is 6.61. The van der Waals surface area contributed by atoms with Crippen LogP contribution in [-0.2, 0) is 28.2 Å². The lowest BCUT2D eigenvalue weighted by atomic mass is 9.82. The van der Waals surface area contributed by atoms with Crippen molar-refractivity contribution in [3.8, 4) is 0 Å². The summed E-state index contributed by atoms with van der Waals surface area (Å²) in [4.78, 5) is 43.8. The summed E-state index contributed by atoms with van der Waals surface area (Å²) in [6.07, 6.45) is 1.98. The number of aryl methyl sites for hydroxylation is 1. The Hall–Kier alpha value is -5.46. The molecule has 11 heteroatoms. The fourth-order valence-corrected chi connectivity index (χ4v) is 12.1. The van der Waals surface area contributed by atoms with E-state index in [9.17, 15) is 19.5 Å². The largest absolute Gasteiger partial charge is 0.432 e. The molecule has 6 aromatic rings. The van der Waals surface area contributed by atoms with Gasteiger partial charge in [0.25, 0.3) is 11.8 Å². The average molecular weight is 750 g/mol. The summed E-state index contributed by atoms with van der Waals surface area (Å²) in [5.74, 6) is -0.770. The Morgan fingerprint density at radius 2 is 1.58 bits per heavy atom.